The highest BCUT2D eigenvalue weighted by Gasteiger charge is 2.58. The number of hydrogen-bond donors (Lipinski definition) is 0. The number of carbonyl (C=O) groups is 1. The lowest BCUT2D eigenvalue weighted by Gasteiger charge is -2.35. The minimum Gasteiger partial charge on any atom is -0.455 e. The first-order valence-electron chi connectivity index (χ1n) is 12.0. The lowest BCUT2D eigenvalue weighted by atomic mass is 9.92. The standard InChI is InChI=1S/C30H32O5S/c1-4-30(33-20-25-13-9-6-10-14-25)27(21-32-19-24-11-7-5-8-12-24)35-29(28(30)34-23(3)31)36-26-17-15-22(2)16-18-26/h4-18,27-29H,1,19-21H2,2-3H3/t27-,28-,29?,30+/m0/s1. The molecular formula is C30H32O5S. The Labute approximate surface area is 217 Å². The van der Waals surface area contributed by atoms with E-state index in [9.17, 15) is 4.79 Å². The SMILES string of the molecule is C=C[C@@]1(OCc2ccccc2)[C@H](COCc2ccccc2)OC(Sc2ccc(C)cc2)[C@@H]1OC(C)=O. The second-order valence-corrected chi connectivity index (χ2v) is 9.96. The zero-order valence-electron chi connectivity index (χ0n) is 20.7. The summed E-state index contributed by atoms with van der Waals surface area (Å²) in [6, 6.07) is 28.0. The van der Waals surface area contributed by atoms with Gasteiger partial charge in [0.05, 0.1) is 19.8 Å². The maximum atomic E-state index is 12.2. The van der Waals surface area contributed by atoms with E-state index in [1.165, 1.54) is 24.2 Å². The number of ether oxygens (including phenoxy) is 4. The van der Waals surface area contributed by atoms with Crippen LogP contribution in [0.2, 0.25) is 0 Å². The molecule has 3 aromatic rings. The summed E-state index contributed by atoms with van der Waals surface area (Å²) in [6.45, 7) is 8.53. The van der Waals surface area contributed by atoms with Crippen LogP contribution in [0, 0.1) is 6.92 Å². The predicted octanol–water partition coefficient (Wildman–Crippen LogP) is 6.10. The highest BCUT2D eigenvalue weighted by atomic mass is 32.2. The van der Waals surface area contributed by atoms with Crippen LogP contribution in [0.4, 0.5) is 0 Å². The van der Waals surface area contributed by atoms with Crippen molar-refractivity contribution in [1.29, 1.82) is 0 Å². The predicted molar refractivity (Wildman–Crippen MR) is 142 cm³/mol. The average Bonchev–Trinajstić information content (AvgIpc) is 3.17. The number of carbonyl (C=O) groups excluding carboxylic acids is 1. The van der Waals surface area contributed by atoms with Crippen LogP contribution in [-0.2, 0) is 37.0 Å². The molecular weight excluding hydrogens is 472 g/mol. The van der Waals surface area contributed by atoms with Crippen LogP contribution in [-0.4, -0.2) is 35.8 Å². The molecule has 5 nitrogen and oxygen atoms in total. The van der Waals surface area contributed by atoms with Gasteiger partial charge in [-0.05, 0) is 30.2 Å². The lowest BCUT2D eigenvalue weighted by molar-refractivity contribution is -0.164. The van der Waals surface area contributed by atoms with Crippen molar-refractivity contribution in [2.45, 2.75) is 55.2 Å². The third kappa shape index (κ3) is 6.45. The van der Waals surface area contributed by atoms with Crippen LogP contribution in [0.1, 0.15) is 23.6 Å². The Kier molecular flexibility index (Phi) is 8.99. The van der Waals surface area contributed by atoms with Gasteiger partial charge in [-0.15, -0.1) is 0 Å². The molecule has 0 N–H and O–H groups in total. The first-order chi connectivity index (χ1) is 17.5. The molecule has 0 saturated carbocycles. The van der Waals surface area contributed by atoms with Gasteiger partial charge in [-0.2, -0.15) is 0 Å². The van der Waals surface area contributed by atoms with E-state index in [1.807, 2.05) is 91.9 Å². The zero-order valence-corrected chi connectivity index (χ0v) is 21.5. The molecule has 0 aromatic heterocycles. The van der Waals surface area contributed by atoms with Crippen molar-refractivity contribution in [3.63, 3.8) is 0 Å². The van der Waals surface area contributed by atoms with E-state index >= 15 is 0 Å². The molecule has 3 aromatic carbocycles. The second kappa shape index (κ2) is 12.4. The molecule has 1 saturated heterocycles. The molecule has 1 aliphatic heterocycles. The zero-order chi connectivity index (χ0) is 25.4. The number of benzene rings is 3. The molecule has 36 heavy (non-hydrogen) atoms. The summed E-state index contributed by atoms with van der Waals surface area (Å²) in [6.07, 6.45) is 0.457. The summed E-state index contributed by atoms with van der Waals surface area (Å²) < 4.78 is 25.0. The number of esters is 1. The van der Waals surface area contributed by atoms with Gasteiger partial charge in [0, 0.05) is 11.8 Å². The third-order valence-corrected chi connectivity index (χ3v) is 7.23. The van der Waals surface area contributed by atoms with Crippen LogP contribution in [0.15, 0.2) is 102 Å². The fourth-order valence-electron chi connectivity index (χ4n) is 4.19. The smallest absolute Gasteiger partial charge is 0.303 e. The van der Waals surface area contributed by atoms with Gasteiger partial charge in [-0.1, -0.05) is 103 Å². The minimum absolute atomic E-state index is 0.248. The van der Waals surface area contributed by atoms with Crippen molar-refractivity contribution in [1.82, 2.24) is 0 Å². The summed E-state index contributed by atoms with van der Waals surface area (Å²) in [5.74, 6) is -0.404. The Morgan fingerprint density at radius 2 is 1.58 bits per heavy atom. The maximum Gasteiger partial charge on any atom is 0.303 e. The quantitative estimate of drug-likeness (QED) is 0.232. The van der Waals surface area contributed by atoms with Gasteiger partial charge in [0.2, 0.25) is 0 Å². The molecule has 0 bridgehead atoms. The van der Waals surface area contributed by atoms with Gasteiger partial charge >= 0.3 is 5.97 Å². The van der Waals surface area contributed by atoms with Gasteiger partial charge in [-0.25, -0.2) is 0 Å². The Morgan fingerprint density at radius 3 is 2.17 bits per heavy atom. The lowest BCUT2D eigenvalue weighted by Crippen LogP contribution is -2.51. The van der Waals surface area contributed by atoms with Crippen LogP contribution in [0.25, 0.3) is 0 Å². The third-order valence-electron chi connectivity index (χ3n) is 6.09. The molecule has 0 amide bonds. The fraction of sp³-hybridized carbons (Fsp3) is 0.300. The van der Waals surface area contributed by atoms with Gasteiger partial charge in [0.1, 0.15) is 11.5 Å². The fourth-order valence-corrected chi connectivity index (χ4v) is 5.34. The Hall–Kier alpha value is -2.90. The number of rotatable bonds is 11. The van der Waals surface area contributed by atoms with Crippen LogP contribution < -0.4 is 0 Å². The number of thioether (sulfide) groups is 1. The Morgan fingerprint density at radius 1 is 0.972 bits per heavy atom. The van der Waals surface area contributed by atoms with Crippen molar-refractivity contribution in [2.75, 3.05) is 6.61 Å². The molecule has 4 rings (SSSR count). The van der Waals surface area contributed by atoms with E-state index in [-0.39, 0.29) is 6.61 Å². The van der Waals surface area contributed by atoms with E-state index in [0.29, 0.717) is 13.2 Å². The van der Waals surface area contributed by atoms with Gasteiger partial charge in [0.25, 0.3) is 0 Å². The highest BCUT2D eigenvalue weighted by molar-refractivity contribution is 7.99. The molecule has 6 heteroatoms. The monoisotopic (exact) mass is 504 g/mol. The van der Waals surface area contributed by atoms with Crippen LogP contribution in [0.3, 0.4) is 0 Å². The van der Waals surface area contributed by atoms with Crippen molar-refractivity contribution < 1.29 is 23.7 Å². The van der Waals surface area contributed by atoms with Crippen molar-refractivity contribution in [3.05, 3.63) is 114 Å². The summed E-state index contributed by atoms with van der Waals surface area (Å²) >= 11 is 1.50. The molecule has 1 aliphatic rings. The summed E-state index contributed by atoms with van der Waals surface area (Å²) in [4.78, 5) is 13.2. The maximum absolute atomic E-state index is 12.2. The second-order valence-electron chi connectivity index (χ2n) is 8.79. The molecule has 1 unspecified atom stereocenters. The number of aryl methyl sites for hydroxylation is 1. The van der Waals surface area contributed by atoms with Crippen molar-refractivity contribution >= 4 is 17.7 Å². The highest BCUT2D eigenvalue weighted by Crippen LogP contribution is 2.45. The molecule has 4 atom stereocenters. The molecule has 0 aliphatic carbocycles. The van der Waals surface area contributed by atoms with Gasteiger partial charge < -0.3 is 18.9 Å². The first kappa shape index (κ1) is 26.2. The minimum atomic E-state index is -1.10. The molecule has 0 radical (unpaired) electrons. The summed E-state index contributed by atoms with van der Waals surface area (Å²) in [5.41, 5.74) is 1.63. The Bertz CT molecular complexity index is 1120. The normalized spacial score (nSPS) is 23.3. The number of hydrogen-bond acceptors (Lipinski definition) is 6. The Balaban J connectivity index is 1.60. The molecule has 1 fully saturated rings. The van der Waals surface area contributed by atoms with Crippen molar-refractivity contribution in [2.24, 2.45) is 0 Å². The van der Waals surface area contributed by atoms with Gasteiger partial charge in [-0.3, -0.25) is 4.79 Å². The molecule has 188 valence electrons. The van der Waals surface area contributed by atoms with Crippen LogP contribution in [0.5, 0.6) is 0 Å². The van der Waals surface area contributed by atoms with E-state index < -0.39 is 29.2 Å². The average molecular weight is 505 g/mol. The van der Waals surface area contributed by atoms with E-state index in [2.05, 4.69) is 6.58 Å². The largest absolute Gasteiger partial charge is 0.455 e. The molecule has 0 spiro atoms. The topological polar surface area (TPSA) is 54.0 Å². The summed E-state index contributed by atoms with van der Waals surface area (Å²) in [5, 5.41) is 0. The van der Waals surface area contributed by atoms with Crippen LogP contribution >= 0.6 is 11.8 Å². The van der Waals surface area contributed by atoms with E-state index in [0.717, 1.165) is 16.0 Å². The first-order valence-corrected chi connectivity index (χ1v) is 12.9. The van der Waals surface area contributed by atoms with Crippen molar-refractivity contribution in [3.8, 4) is 0 Å². The van der Waals surface area contributed by atoms with E-state index in [1.54, 1.807) is 6.08 Å². The molecule has 1 heterocycles. The van der Waals surface area contributed by atoms with E-state index in [4.69, 9.17) is 18.9 Å². The van der Waals surface area contributed by atoms with Gasteiger partial charge in [0.15, 0.2) is 11.7 Å². The summed E-state index contributed by atoms with van der Waals surface area (Å²) in [7, 11) is 0.